The fourth-order valence-corrected chi connectivity index (χ4v) is 9.03. The smallest absolute Gasteiger partial charge is 0.416 e. The van der Waals surface area contributed by atoms with Crippen LogP contribution in [0.3, 0.4) is 0 Å². The average Bonchev–Trinajstić information content (AvgIpc) is 2.87. The number of rotatable bonds is 9. The summed E-state index contributed by atoms with van der Waals surface area (Å²) in [4.78, 5) is 13.7. The molecule has 1 heterocycles. The number of carbonyl (C=O) groups excluding carboxylic acids is 1. The molecule has 0 atom stereocenters. The third-order valence-electron chi connectivity index (χ3n) is 4.89. The molecule has 4 nitrogen and oxygen atoms in total. The lowest BCUT2D eigenvalue weighted by Gasteiger charge is -2.43. The van der Waals surface area contributed by atoms with E-state index in [1.807, 2.05) is 0 Å². The van der Waals surface area contributed by atoms with E-state index in [0.29, 0.717) is 29.8 Å². The van der Waals surface area contributed by atoms with Crippen molar-refractivity contribution < 1.29 is 14.0 Å². The molecule has 0 radical (unpaired) electrons. The number of cyclic esters (lactones) is 1. The van der Waals surface area contributed by atoms with Crippen molar-refractivity contribution in [2.75, 3.05) is 13.2 Å². The first-order chi connectivity index (χ1) is 10.8. The highest BCUT2D eigenvalue weighted by Gasteiger charge is 2.48. The molecule has 5 heteroatoms. The van der Waals surface area contributed by atoms with Gasteiger partial charge in [0.25, 0.3) is 8.32 Å². The van der Waals surface area contributed by atoms with Crippen molar-refractivity contribution in [1.82, 2.24) is 4.90 Å². The average molecular weight is 342 g/mol. The van der Waals surface area contributed by atoms with Gasteiger partial charge in [0.1, 0.15) is 6.61 Å². The fraction of sp³-hybridized carbons (Fsp3) is 0.833. The zero-order valence-electron chi connectivity index (χ0n) is 16.0. The van der Waals surface area contributed by atoms with Gasteiger partial charge < -0.3 is 9.16 Å². The number of hydrogen-bond acceptors (Lipinski definition) is 3. The van der Waals surface area contributed by atoms with E-state index in [2.05, 4.69) is 54.5 Å². The predicted molar refractivity (Wildman–Crippen MR) is 97.8 cm³/mol. The van der Waals surface area contributed by atoms with Crippen LogP contribution in [0.1, 0.15) is 67.7 Å². The summed E-state index contributed by atoms with van der Waals surface area (Å²) in [7, 11) is -2.07. The second-order valence-corrected chi connectivity index (χ2v) is 12.7. The molecular formula is C18H35NO3Si. The molecule has 1 rings (SSSR count). The van der Waals surface area contributed by atoms with Crippen LogP contribution < -0.4 is 0 Å². The molecule has 1 aliphatic rings. The molecule has 0 unspecified atom stereocenters. The van der Waals surface area contributed by atoms with Crippen molar-refractivity contribution in [3.8, 4) is 0 Å². The molecule has 0 spiro atoms. The van der Waals surface area contributed by atoms with Gasteiger partial charge in [0.15, 0.2) is 5.88 Å². The highest BCUT2D eigenvalue weighted by atomic mass is 28.4. The molecule has 1 amide bonds. The lowest BCUT2D eigenvalue weighted by atomic mass is 10.2. The Balaban J connectivity index is 3.14. The van der Waals surface area contributed by atoms with E-state index in [4.69, 9.17) is 9.16 Å². The van der Waals surface area contributed by atoms with Gasteiger partial charge in [0.2, 0.25) is 0 Å². The van der Waals surface area contributed by atoms with Crippen molar-refractivity contribution in [3.63, 3.8) is 0 Å². The van der Waals surface area contributed by atoms with Crippen molar-refractivity contribution in [2.24, 2.45) is 0 Å². The third-order valence-corrected chi connectivity index (χ3v) is 10.9. The first-order valence-electron chi connectivity index (χ1n) is 9.10. The van der Waals surface area contributed by atoms with E-state index in [0.717, 1.165) is 25.1 Å². The molecule has 1 fully saturated rings. The standard InChI is InChI=1S/C18H35NO3Si/c1-8-9-10-11-17(19-12-13-21-18(19)20)22-23(14(2)3,15(4)5)16(6)7/h11,14-16H,8-10,12-13H2,1-7H3/b17-11-. The minimum Gasteiger partial charge on any atom is -0.531 e. The van der Waals surface area contributed by atoms with Gasteiger partial charge in [0, 0.05) is 0 Å². The predicted octanol–water partition coefficient (Wildman–Crippen LogP) is 5.66. The summed E-state index contributed by atoms with van der Waals surface area (Å²) < 4.78 is 11.9. The minimum absolute atomic E-state index is 0.271. The fourth-order valence-electron chi connectivity index (χ4n) is 3.76. The maximum Gasteiger partial charge on any atom is 0.416 e. The van der Waals surface area contributed by atoms with Gasteiger partial charge in [0.05, 0.1) is 6.54 Å². The van der Waals surface area contributed by atoms with Crippen LogP contribution in [0.4, 0.5) is 4.79 Å². The molecular weight excluding hydrogens is 306 g/mol. The van der Waals surface area contributed by atoms with E-state index in [1.54, 1.807) is 4.90 Å². The molecule has 0 aliphatic carbocycles. The summed E-state index contributed by atoms with van der Waals surface area (Å²) in [6.45, 7) is 16.8. The Morgan fingerprint density at radius 3 is 2.17 bits per heavy atom. The molecule has 0 N–H and O–H groups in total. The first-order valence-corrected chi connectivity index (χ1v) is 11.2. The highest BCUT2D eigenvalue weighted by Crippen LogP contribution is 2.44. The Kier molecular flexibility index (Phi) is 7.65. The van der Waals surface area contributed by atoms with Gasteiger partial charge in [-0.1, -0.05) is 54.9 Å². The van der Waals surface area contributed by atoms with Crippen LogP contribution in [-0.2, 0) is 9.16 Å². The number of carbonyl (C=O) groups is 1. The van der Waals surface area contributed by atoms with Gasteiger partial charge in [-0.05, 0) is 35.5 Å². The van der Waals surface area contributed by atoms with Gasteiger partial charge in [-0.3, -0.25) is 0 Å². The Morgan fingerprint density at radius 2 is 1.78 bits per heavy atom. The molecule has 134 valence electrons. The number of hydrogen-bond donors (Lipinski definition) is 0. The van der Waals surface area contributed by atoms with Crippen LogP contribution in [0, 0.1) is 0 Å². The van der Waals surface area contributed by atoms with E-state index in [-0.39, 0.29) is 6.09 Å². The third kappa shape index (κ3) is 4.52. The molecule has 0 bridgehead atoms. The van der Waals surface area contributed by atoms with Crippen LogP contribution in [0.15, 0.2) is 12.0 Å². The molecule has 0 aromatic rings. The normalized spacial score (nSPS) is 16.7. The maximum atomic E-state index is 12.0. The zero-order valence-corrected chi connectivity index (χ0v) is 17.0. The molecule has 1 aliphatic heterocycles. The number of allylic oxidation sites excluding steroid dienone is 1. The van der Waals surface area contributed by atoms with Crippen molar-refractivity contribution in [3.05, 3.63) is 12.0 Å². The van der Waals surface area contributed by atoms with Gasteiger partial charge in [-0.15, -0.1) is 0 Å². The summed E-state index contributed by atoms with van der Waals surface area (Å²) in [6.07, 6.45) is 5.01. The molecule has 23 heavy (non-hydrogen) atoms. The molecule has 1 saturated heterocycles. The molecule has 0 aromatic heterocycles. The van der Waals surface area contributed by atoms with Crippen LogP contribution in [0.5, 0.6) is 0 Å². The van der Waals surface area contributed by atoms with E-state index < -0.39 is 8.32 Å². The summed E-state index contributed by atoms with van der Waals surface area (Å²) in [5, 5.41) is 0. The monoisotopic (exact) mass is 341 g/mol. The van der Waals surface area contributed by atoms with Crippen molar-refractivity contribution >= 4 is 14.4 Å². The van der Waals surface area contributed by atoms with Crippen LogP contribution >= 0.6 is 0 Å². The number of unbranched alkanes of at least 4 members (excludes halogenated alkanes) is 2. The number of ether oxygens (including phenoxy) is 1. The van der Waals surface area contributed by atoms with E-state index >= 15 is 0 Å². The van der Waals surface area contributed by atoms with Crippen LogP contribution in [0.25, 0.3) is 0 Å². The number of amides is 1. The Labute approximate surface area is 143 Å². The maximum absolute atomic E-state index is 12.0. The van der Waals surface area contributed by atoms with Gasteiger partial charge in [-0.2, -0.15) is 0 Å². The second kappa shape index (κ2) is 8.76. The van der Waals surface area contributed by atoms with Crippen molar-refractivity contribution in [2.45, 2.75) is 84.4 Å². The second-order valence-electron chi connectivity index (χ2n) is 7.37. The van der Waals surface area contributed by atoms with Crippen LogP contribution in [-0.4, -0.2) is 32.5 Å². The Bertz CT molecular complexity index is 397. The lowest BCUT2D eigenvalue weighted by molar-refractivity contribution is 0.151. The molecule has 0 saturated carbocycles. The largest absolute Gasteiger partial charge is 0.531 e. The summed E-state index contributed by atoms with van der Waals surface area (Å²) >= 11 is 0. The SMILES string of the molecule is CCCC/C=C(\O[Si](C(C)C)(C(C)C)C(C)C)N1CCOC1=O. The zero-order chi connectivity index (χ0) is 17.6. The first kappa shape index (κ1) is 20.1. The highest BCUT2D eigenvalue weighted by molar-refractivity contribution is 6.77. The summed E-state index contributed by atoms with van der Waals surface area (Å²) in [5.74, 6) is 0.740. The summed E-state index contributed by atoms with van der Waals surface area (Å²) in [5.41, 5.74) is 1.45. The quantitative estimate of drug-likeness (QED) is 0.308. The summed E-state index contributed by atoms with van der Waals surface area (Å²) in [6, 6.07) is 0. The van der Waals surface area contributed by atoms with Gasteiger partial charge in [-0.25, -0.2) is 9.69 Å². The van der Waals surface area contributed by atoms with Gasteiger partial charge >= 0.3 is 6.09 Å². The number of nitrogens with zero attached hydrogens (tertiary/aromatic N) is 1. The van der Waals surface area contributed by atoms with Crippen LogP contribution in [0.2, 0.25) is 16.6 Å². The molecule has 0 aromatic carbocycles. The van der Waals surface area contributed by atoms with E-state index in [1.165, 1.54) is 0 Å². The Morgan fingerprint density at radius 1 is 1.22 bits per heavy atom. The topological polar surface area (TPSA) is 38.8 Å². The van der Waals surface area contributed by atoms with E-state index in [9.17, 15) is 4.79 Å². The minimum atomic E-state index is -2.07. The Hall–Kier alpha value is -0.973. The van der Waals surface area contributed by atoms with Crippen molar-refractivity contribution in [1.29, 1.82) is 0 Å². The lowest BCUT2D eigenvalue weighted by Crippen LogP contribution is -2.49.